The van der Waals surface area contributed by atoms with Crippen LogP contribution < -0.4 is 5.32 Å². The van der Waals surface area contributed by atoms with Crippen LogP contribution in [-0.2, 0) is 0 Å². The van der Waals surface area contributed by atoms with Gasteiger partial charge in [-0.1, -0.05) is 38.5 Å². The predicted octanol–water partition coefficient (Wildman–Crippen LogP) is 4.89. The molecule has 1 aromatic carbocycles. The van der Waals surface area contributed by atoms with Gasteiger partial charge in [-0.2, -0.15) is 0 Å². The number of rotatable bonds is 5. The molecule has 0 amide bonds. The van der Waals surface area contributed by atoms with Gasteiger partial charge >= 0.3 is 0 Å². The lowest BCUT2D eigenvalue weighted by Crippen LogP contribution is -2.43. The Balaban J connectivity index is 2.06. The van der Waals surface area contributed by atoms with E-state index in [1.165, 1.54) is 29.7 Å². The van der Waals surface area contributed by atoms with Crippen LogP contribution in [0.5, 0.6) is 0 Å². The molecule has 20 heavy (non-hydrogen) atoms. The van der Waals surface area contributed by atoms with Crippen molar-refractivity contribution in [2.24, 2.45) is 11.8 Å². The molecule has 2 rings (SSSR count). The summed E-state index contributed by atoms with van der Waals surface area (Å²) in [5, 5.41) is 4.43. The lowest BCUT2D eigenvalue weighted by molar-refractivity contribution is 0.247. The van der Waals surface area contributed by atoms with Gasteiger partial charge in [-0.15, -0.1) is 11.8 Å². The largest absolute Gasteiger partial charge is 0.313 e. The SMILES string of the molecule is CCNC1CCC(C(C)C)CC1Sc1cccc(C)c1. The van der Waals surface area contributed by atoms with Crippen molar-refractivity contribution in [1.82, 2.24) is 5.32 Å². The third kappa shape index (κ3) is 4.26. The second-order valence-electron chi connectivity index (χ2n) is 6.45. The first kappa shape index (κ1) is 15.9. The Hall–Kier alpha value is -0.470. The van der Waals surface area contributed by atoms with Crippen LogP contribution in [0.4, 0.5) is 0 Å². The fourth-order valence-electron chi connectivity index (χ4n) is 3.25. The molecule has 1 aliphatic carbocycles. The van der Waals surface area contributed by atoms with Gasteiger partial charge in [-0.25, -0.2) is 0 Å². The maximum atomic E-state index is 3.71. The minimum Gasteiger partial charge on any atom is -0.313 e. The van der Waals surface area contributed by atoms with E-state index in [2.05, 4.69) is 69.0 Å². The van der Waals surface area contributed by atoms with E-state index in [1.54, 1.807) is 0 Å². The molecule has 1 aliphatic rings. The molecule has 0 radical (unpaired) electrons. The summed E-state index contributed by atoms with van der Waals surface area (Å²) in [6.07, 6.45) is 4.08. The van der Waals surface area contributed by atoms with Crippen molar-refractivity contribution >= 4 is 11.8 Å². The molecule has 1 nitrogen and oxygen atoms in total. The molecule has 0 saturated heterocycles. The molecule has 0 aromatic heterocycles. The monoisotopic (exact) mass is 291 g/mol. The van der Waals surface area contributed by atoms with Crippen molar-refractivity contribution in [2.75, 3.05) is 6.54 Å². The second kappa shape index (κ2) is 7.51. The van der Waals surface area contributed by atoms with Crippen LogP contribution in [-0.4, -0.2) is 17.8 Å². The van der Waals surface area contributed by atoms with E-state index in [9.17, 15) is 0 Å². The number of nitrogens with one attached hydrogen (secondary N) is 1. The van der Waals surface area contributed by atoms with Gasteiger partial charge in [0, 0.05) is 16.2 Å². The Labute approximate surface area is 128 Å². The first-order chi connectivity index (χ1) is 9.60. The zero-order chi connectivity index (χ0) is 14.5. The zero-order valence-electron chi connectivity index (χ0n) is 13.4. The van der Waals surface area contributed by atoms with Crippen molar-refractivity contribution in [3.05, 3.63) is 29.8 Å². The second-order valence-corrected chi connectivity index (χ2v) is 7.77. The Morgan fingerprint density at radius 3 is 2.75 bits per heavy atom. The summed E-state index contributed by atoms with van der Waals surface area (Å²) in [4.78, 5) is 1.43. The van der Waals surface area contributed by atoms with Crippen molar-refractivity contribution in [3.63, 3.8) is 0 Å². The van der Waals surface area contributed by atoms with Crippen LogP contribution in [0, 0.1) is 18.8 Å². The van der Waals surface area contributed by atoms with Crippen LogP contribution in [0.15, 0.2) is 29.2 Å². The van der Waals surface area contributed by atoms with E-state index in [4.69, 9.17) is 0 Å². The first-order valence-electron chi connectivity index (χ1n) is 8.06. The van der Waals surface area contributed by atoms with Gasteiger partial charge in [0.15, 0.2) is 0 Å². The highest BCUT2D eigenvalue weighted by Gasteiger charge is 2.31. The maximum Gasteiger partial charge on any atom is 0.0251 e. The van der Waals surface area contributed by atoms with Crippen molar-refractivity contribution in [3.8, 4) is 0 Å². The van der Waals surface area contributed by atoms with Gasteiger partial charge in [0.2, 0.25) is 0 Å². The van der Waals surface area contributed by atoms with Crippen molar-refractivity contribution < 1.29 is 0 Å². The maximum absolute atomic E-state index is 3.71. The summed E-state index contributed by atoms with van der Waals surface area (Å²) >= 11 is 2.09. The summed E-state index contributed by atoms with van der Waals surface area (Å²) < 4.78 is 0. The standard InChI is InChI=1S/C18H29NS/c1-5-19-17-10-9-15(13(2)3)12-18(17)20-16-8-6-7-14(4)11-16/h6-8,11,13,15,17-19H,5,9-10,12H2,1-4H3. The summed E-state index contributed by atoms with van der Waals surface area (Å²) in [5.74, 6) is 1.71. The van der Waals surface area contributed by atoms with E-state index in [-0.39, 0.29) is 0 Å². The highest BCUT2D eigenvalue weighted by atomic mass is 32.2. The molecule has 1 N–H and O–H groups in total. The average Bonchev–Trinajstić information content (AvgIpc) is 2.41. The Morgan fingerprint density at radius 1 is 1.30 bits per heavy atom. The van der Waals surface area contributed by atoms with Gasteiger partial charge in [0.25, 0.3) is 0 Å². The number of hydrogen-bond donors (Lipinski definition) is 1. The predicted molar refractivity (Wildman–Crippen MR) is 90.5 cm³/mol. The molecule has 1 saturated carbocycles. The fraction of sp³-hybridized carbons (Fsp3) is 0.667. The van der Waals surface area contributed by atoms with Crippen molar-refractivity contribution in [2.45, 2.75) is 63.1 Å². The molecular weight excluding hydrogens is 262 g/mol. The molecule has 0 aliphatic heterocycles. The number of aryl methyl sites for hydroxylation is 1. The molecule has 3 atom stereocenters. The van der Waals surface area contributed by atoms with E-state index >= 15 is 0 Å². The summed E-state index contributed by atoms with van der Waals surface area (Å²) in [6.45, 7) is 10.3. The summed E-state index contributed by atoms with van der Waals surface area (Å²) in [5.41, 5.74) is 1.37. The smallest absolute Gasteiger partial charge is 0.0251 e. The van der Waals surface area contributed by atoms with Gasteiger partial charge in [-0.3, -0.25) is 0 Å². The van der Waals surface area contributed by atoms with Gasteiger partial charge in [-0.05, 0) is 56.7 Å². The van der Waals surface area contributed by atoms with Crippen molar-refractivity contribution in [1.29, 1.82) is 0 Å². The van der Waals surface area contributed by atoms with Crippen LogP contribution >= 0.6 is 11.8 Å². The lowest BCUT2D eigenvalue weighted by Gasteiger charge is -2.38. The highest BCUT2D eigenvalue weighted by Crippen LogP contribution is 2.39. The Kier molecular flexibility index (Phi) is 5.98. The third-order valence-corrected chi connectivity index (χ3v) is 5.87. The average molecular weight is 292 g/mol. The molecule has 2 heteroatoms. The number of benzene rings is 1. The quantitative estimate of drug-likeness (QED) is 0.829. The molecule has 112 valence electrons. The van der Waals surface area contributed by atoms with E-state index in [0.29, 0.717) is 6.04 Å². The molecular formula is C18H29NS. The van der Waals surface area contributed by atoms with Gasteiger partial charge < -0.3 is 5.32 Å². The molecule has 3 unspecified atom stereocenters. The summed E-state index contributed by atoms with van der Waals surface area (Å²) in [7, 11) is 0. The third-order valence-electron chi connectivity index (χ3n) is 4.52. The minimum absolute atomic E-state index is 0.681. The van der Waals surface area contributed by atoms with E-state index in [0.717, 1.165) is 23.6 Å². The molecule has 0 bridgehead atoms. The Bertz CT molecular complexity index is 416. The van der Waals surface area contributed by atoms with Gasteiger partial charge in [0.1, 0.15) is 0 Å². The first-order valence-corrected chi connectivity index (χ1v) is 8.94. The fourth-order valence-corrected chi connectivity index (χ4v) is 4.76. The van der Waals surface area contributed by atoms with Gasteiger partial charge in [0.05, 0.1) is 0 Å². The summed E-state index contributed by atoms with van der Waals surface area (Å²) in [6, 6.07) is 9.64. The molecule has 0 spiro atoms. The molecule has 1 fully saturated rings. The lowest BCUT2D eigenvalue weighted by atomic mass is 9.79. The molecule has 1 aromatic rings. The normalized spacial score (nSPS) is 26.9. The van der Waals surface area contributed by atoms with Crippen LogP contribution in [0.25, 0.3) is 0 Å². The zero-order valence-corrected chi connectivity index (χ0v) is 14.2. The Morgan fingerprint density at radius 2 is 2.10 bits per heavy atom. The topological polar surface area (TPSA) is 12.0 Å². The minimum atomic E-state index is 0.681. The number of thioether (sulfide) groups is 1. The molecule has 0 heterocycles. The van der Waals surface area contributed by atoms with E-state index in [1.807, 2.05) is 0 Å². The van der Waals surface area contributed by atoms with Crippen LogP contribution in [0.1, 0.15) is 45.6 Å². The van der Waals surface area contributed by atoms with Crippen LogP contribution in [0.2, 0.25) is 0 Å². The van der Waals surface area contributed by atoms with E-state index < -0.39 is 0 Å². The number of hydrogen-bond acceptors (Lipinski definition) is 2. The van der Waals surface area contributed by atoms with Crippen LogP contribution in [0.3, 0.4) is 0 Å². The highest BCUT2D eigenvalue weighted by molar-refractivity contribution is 8.00.